The normalized spacial score (nSPS) is 12.6. The Morgan fingerprint density at radius 3 is 1.62 bits per heavy atom. The standard InChI is InChI=1S/C35H40ClN3O8/c1-24(2)20-29(38-35(44)47-23-27-16-10-5-11-17-27)32(41)39-31(36)33(42)37-28(34(43)46-22-26-14-8-4-9-15-26)18-19-30(40)45-21-25-12-6-3-7-13-25/h3-17,24,28-29,31H,18-23H2,1-2H3,(H,37,42)(H,38,44)(H,39,41)/t28-,29-,31+/m0/s1. The third kappa shape index (κ3) is 14.0. The molecule has 3 rings (SSSR count). The van der Waals surface area contributed by atoms with Gasteiger partial charge in [-0.25, -0.2) is 9.59 Å². The smallest absolute Gasteiger partial charge is 0.408 e. The number of benzene rings is 3. The predicted octanol–water partition coefficient (Wildman–Crippen LogP) is 4.76. The van der Waals surface area contributed by atoms with Crippen LogP contribution in [0, 0.1) is 5.92 Å². The van der Waals surface area contributed by atoms with Crippen molar-refractivity contribution in [2.45, 2.75) is 70.5 Å². The van der Waals surface area contributed by atoms with Crippen LogP contribution in [0.15, 0.2) is 91.0 Å². The Kier molecular flexibility index (Phi) is 15.2. The van der Waals surface area contributed by atoms with Crippen LogP contribution in [0.3, 0.4) is 0 Å². The first-order valence-electron chi connectivity index (χ1n) is 15.2. The minimum Gasteiger partial charge on any atom is -0.461 e. The van der Waals surface area contributed by atoms with Gasteiger partial charge in [0.1, 0.15) is 31.9 Å². The van der Waals surface area contributed by atoms with Gasteiger partial charge in [0, 0.05) is 6.42 Å². The molecule has 3 amide bonds. The van der Waals surface area contributed by atoms with Gasteiger partial charge in [-0.15, -0.1) is 0 Å². The highest BCUT2D eigenvalue weighted by Crippen LogP contribution is 2.11. The Bertz CT molecular complexity index is 1440. The van der Waals surface area contributed by atoms with Crippen LogP contribution in [0.25, 0.3) is 0 Å². The first-order valence-corrected chi connectivity index (χ1v) is 15.7. The van der Waals surface area contributed by atoms with E-state index in [1.165, 1.54) is 0 Å². The second-order valence-electron chi connectivity index (χ2n) is 11.1. The third-order valence-corrected chi connectivity index (χ3v) is 7.04. The number of esters is 2. The van der Waals surface area contributed by atoms with Crippen LogP contribution in [0.4, 0.5) is 4.79 Å². The molecular weight excluding hydrogens is 626 g/mol. The number of hydrogen-bond donors (Lipinski definition) is 3. The van der Waals surface area contributed by atoms with Crippen molar-refractivity contribution in [3.63, 3.8) is 0 Å². The average molecular weight is 666 g/mol. The fourth-order valence-electron chi connectivity index (χ4n) is 4.30. The Morgan fingerprint density at radius 1 is 0.617 bits per heavy atom. The number of ether oxygens (including phenoxy) is 3. The van der Waals surface area contributed by atoms with Crippen molar-refractivity contribution in [3.8, 4) is 0 Å². The molecule has 3 atom stereocenters. The molecule has 11 nitrogen and oxygen atoms in total. The number of carbonyl (C=O) groups is 5. The van der Waals surface area contributed by atoms with Gasteiger partial charge in [-0.3, -0.25) is 14.4 Å². The Morgan fingerprint density at radius 2 is 1.11 bits per heavy atom. The summed E-state index contributed by atoms with van der Waals surface area (Å²) in [4.78, 5) is 64.1. The zero-order valence-electron chi connectivity index (χ0n) is 26.4. The summed E-state index contributed by atoms with van der Waals surface area (Å²) in [6.45, 7) is 3.72. The summed E-state index contributed by atoms with van der Waals surface area (Å²) in [6.07, 6.45) is -0.930. The maximum Gasteiger partial charge on any atom is 0.408 e. The van der Waals surface area contributed by atoms with Gasteiger partial charge < -0.3 is 30.2 Å². The molecule has 47 heavy (non-hydrogen) atoms. The van der Waals surface area contributed by atoms with Crippen LogP contribution in [0.2, 0.25) is 0 Å². The monoisotopic (exact) mass is 665 g/mol. The number of halogens is 1. The van der Waals surface area contributed by atoms with Crippen molar-refractivity contribution in [1.82, 2.24) is 16.0 Å². The first kappa shape index (κ1) is 36.6. The molecule has 0 radical (unpaired) electrons. The molecule has 0 fully saturated rings. The lowest BCUT2D eigenvalue weighted by Gasteiger charge is -2.23. The lowest BCUT2D eigenvalue weighted by molar-refractivity contribution is -0.150. The van der Waals surface area contributed by atoms with Crippen molar-refractivity contribution in [2.24, 2.45) is 5.92 Å². The maximum atomic E-state index is 13.1. The van der Waals surface area contributed by atoms with Crippen LogP contribution in [-0.4, -0.2) is 47.4 Å². The zero-order valence-corrected chi connectivity index (χ0v) is 27.1. The van der Waals surface area contributed by atoms with Crippen LogP contribution in [0.5, 0.6) is 0 Å². The summed E-state index contributed by atoms with van der Waals surface area (Å²) in [5, 5.41) is 7.36. The highest BCUT2D eigenvalue weighted by molar-refractivity contribution is 6.31. The van der Waals surface area contributed by atoms with E-state index in [2.05, 4.69) is 16.0 Å². The summed E-state index contributed by atoms with van der Waals surface area (Å²) in [5.41, 5.74) is 0.671. The van der Waals surface area contributed by atoms with Crippen molar-refractivity contribution < 1.29 is 38.2 Å². The lowest BCUT2D eigenvalue weighted by atomic mass is 10.0. The number of hydrogen-bond acceptors (Lipinski definition) is 8. The van der Waals surface area contributed by atoms with Gasteiger partial charge in [0.2, 0.25) is 5.91 Å². The first-order chi connectivity index (χ1) is 22.6. The number of rotatable bonds is 17. The van der Waals surface area contributed by atoms with Gasteiger partial charge in [-0.05, 0) is 35.4 Å². The maximum absolute atomic E-state index is 13.1. The molecule has 0 saturated carbocycles. The van der Waals surface area contributed by atoms with Crippen molar-refractivity contribution in [3.05, 3.63) is 108 Å². The van der Waals surface area contributed by atoms with E-state index in [1.807, 2.05) is 56.3 Å². The van der Waals surface area contributed by atoms with Gasteiger partial charge in [0.15, 0.2) is 5.50 Å². The quantitative estimate of drug-likeness (QED) is 0.0809. The van der Waals surface area contributed by atoms with E-state index in [9.17, 15) is 24.0 Å². The summed E-state index contributed by atoms with van der Waals surface area (Å²) in [6, 6.07) is 24.7. The predicted molar refractivity (Wildman–Crippen MR) is 174 cm³/mol. The molecule has 3 aromatic carbocycles. The van der Waals surface area contributed by atoms with Gasteiger partial charge in [0.25, 0.3) is 5.91 Å². The second kappa shape index (κ2) is 19.6. The topological polar surface area (TPSA) is 149 Å². The molecule has 0 unspecified atom stereocenters. The lowest BCUT2D eigenvalue weighted by Crippen LogP contribution is -2.54. The molecule has 0 spiro atoms. The van der Waals surface area contributed by atoms with Crippen molar-refractivity contribution in [1.29, 1.82) is 0 Å². The van der Waals surface area contributed by atoms with E-state index in [-0.39, 0.29) is 45.0 Å². The van der Waals surface area contributed by atoms with E-state index in [1.54, 1.807) is 48.5 Å². The molecule has 3 aromatic rings. The summed E-state index contributed by atoms with van der Waals surface area (Å²) in [7, 11) is 0. The number of nitrogens with one attached hydrogen (secondary N) is 3. The molecule has 0 aliphatic heterocycles. The highest BCUT2D eigenvalue weighted by Gasteiger charge is 2.30. The fourth-order valence-corrected chi connectivity index (χ4v) is 4.47. The van der Waals surface area contributed by atoms with Gasteiger partial charge in [0.05, 0.1) is 0 Å². The molecule has 250 valence electrons. The number of alkyl halides is 1. The van der Waals surface area contributed by atoms with Crippen LogP contribution in [0.1, 0.15) is 49.8 Å². The molecule has 0 saturated heterocycles. The Labute approximate surface area is 279 Å². The largest absolute Gasteiger partial charge is 0.461 e. The van der Waals surface area contributed by atoms with E-state index in [4.69, 9.17) is 25.8 Å². The molecule has 0 bridgehead atoms. The fraction of sp³-hybridized carbons (Fsp3) is 0.343. The van der Waals surface area contributed by atoms with Gasteiger partial charge in [-0.2, -0.15) is 0 Å². The number of amides is 3. The Hall–Kier alpha value is -4.90. The number of carbonyl (C=O) groups excluding carboxylic acids is 5. The number of alkyl carbamates (subject to hydrolysis) is 1. The van der Waals surface area contributed by atoms with E-state index in [0.717, 1.165) is 16.7 Å². The zero-order chi connectivity index (χ0) is 34.0. The molecule has 0 aliphatic rings. The van der Waals surface area contributed by atoms with E-state index in [0.29, 0.717) is 0 Å². The summed E-state index contributed by atoms with van der Waals surface area (Å²) >= 11 is 6.25. The molecule has 0 heterocycles. The molecule has 3 N–H and O–H groups in total. The van der Waals surface area contributed by atoms with Crippen molar-refractivity contribution >= 4 is 41.4 Å². The molecular formula is C35H40ClN3O8. The van der Waals surface area contributed by atoms with Crippen LogP contribution in [-0.2, 0) is 53.2 Å². The molecule has 12 heteroatoms. The minimum absolute atomic E-state index is 0.00475. The average Bonchev–Trinajstić information content (AvgIpc) is 3.07. The molecule has 0 aliphatic carbocycles. The van der Waals surface area contributed by atoms with E-state index < -0.39 is 47.4 Å². The molecule has 0 aromatic heterocycles. The van der Waals surface area contributed by atoms with Crippen LogP contribution >= 0.6 is 11.6 Å². The SMILES string of the molecule is CC(C)C[C@H](NC(=O)OCc1ccccc1)C(=O)N[C@@H](Cl)C(=O)N[C@@H](CCC(=O)OCc1ccccc1)C(=O)OCc1ccccc1. The minimum atomic E-state index is -1.62. The van der Waals surface area contributed by atoms with Crippen molar-refractivity contribution in [2.75, 3.05) is 0 Å². The third-order valence-electron chi connectivity index (χ3n) is 6.73. The van der Waals surface area contributed by atoms with Gasteiger partial charge in [-0.1, -0.05) is 116 Å². The summed E-state index contributed by atoms with van der Waals surface area (Å²) in [5.74, 6) is -3.02. The van der Waals surface area contributed by atoms with Crippen LogP contribution < -0.4 is 16.0 Å². The second-order valence-corrected chi connectivity index (χ2v) is 11.5. The van der Waals surface area contributed by atoms with E-state index >= 15 is 0 Å². The Balaban J connectivity index is 1.58. The highest BCUT2D eigenvalue weighted by atomic mass is 35.5. The summed E-state index contributed by atoms with van der Waals surface area (Å²) < 4.78 is 15.9. The van der Waals surface area contributed by atoms with Gasteiger partial charge >= 0.3 is 18.0 Å².